The number of hydrogen-bond donors (Lipinski definition) is 1. The minimum Gasteiger partial charge on any atom is -0.300 e. The second-order valence-electron chi connectivity index (χ2n) is 4.64. The van der Waals surface area contributed by atoms with Gasteiger partial charge in [-0.25, -0.2) is 4.98 Å². The maximum Gasteiger partial charge on any atom is 0.109 e. The number of hydrogen-bond acceptors (Lipinski definition) is 4. The highest BCUT2D eigenvalue weighted by Crippen LogP contribution is 2.32. The summed E-state index contributed by atoms with van der Waals surface area (Å²) in [4.78, 5) is 8.95. The van der Waals surface area contributed by atoms with E-state index < -0.39 is 0 Å². The molecule has 2 aromatic rings. The smallest absolute Gasteiger partial charge is 0.109 e. The Morgan fingerprint density at radius 1 is 1.44 bits per heavy atom. The monoisotopic (exact) mass is 259 g/mol. The van der Waals surface area contributed by atoms with Crippen LogP contribution in [-0.2, 0) is 6.42 Å². The molecule has 0 spiro atoms. The highest BCUT2D eigenvalue weighted by molar-refractivity contribution is 7.09. The van der Waals surface area contributed by atoms with E-state index >= 15 is 0 Å². The fraction of sp³-hybridized carbons (Fsp3) is 0.429. The molecule has 2 atom stereocenters. The number of aromatic nitrogens is 2. The van der Waals surface area contributed by atoms with Crippen molar-refractivity contribution in [2.45, 2.75) is 38.3 Å². The molecule has 94 valence electrons. The fourth-order valence-corrected chi connectivity index (χ4v) is 3.37. The quantitative estimate of drug-likeness (QED) is 0.915. The van der Waals surface area contributed by atoms with Crippen LogP contribution in [0, 0.1) is 0 Å². The Bertz CT molecular complexity index is 510. The first-order valence-electron chi connectivity index (χ1n) is 6.47. The van der Waals surface area contributed by atoms with Crippen LogP contribution in [0.25, 0.3) is 0 Å². The van der Waals surface area contributed by atoms with E-state index in [0.717, 1.165) is 19.3 Å². The van der Waals surface area contributed by atoms with Crippen LogP contribution in [0.15, 0.2) is 29.9 Å². The van der Waals surface area contributed by atoms with Gasteiger partial charge in [0.05, 0.1) is 17.8 Å². The molecule has 1 aliphatic carbocycles. The Morgan fingerprint density at radius 2 is 2.39 bits per heavy atom. The molecule has 0 aliphatic heterocycles. The zero-order chi connectivity index (χ0) is 12.4. The molecule has 2 aromatic heterocycles. The predicted octanol–water partition coefficient (Wildman–Crippen LogP) is 3.27. The Balaban J connectivity index is 1.77. The van der Waals surface area contributed by atoms with Crippen molar-refractivity contribution >= 4 is 11.3 Å². The molecule has 0 radical (unpaired) electrons. The molecule has 0 saturated heterocycles. The zero-order valence-electron chi connectivity index (χ0n) is 10.5. The number of pyridine rings is 1. The summed E-state index contributed by atoms with van der Waals surface area (Å²) in [7, 11) is 0. The largest absolute Gasteiger partial charge is 0.300 e. The first-order valence-corrected chi connectivity index (χ1v) is 7.35. The lowest BCUT2D eigenvalue weighted by atomic mass is 10.1. The van der Waals surface area contributed by atoms with Crippen LogP contribution < -0.4 is 5.32 Å². The molecule has 0 saturated carbocycles. The van der Waals surface area contributed by atoms with E-state index in [2.05, 4.69) is 28.3 Å². The molecular weight excluding hydrogens is 242 g/mol. The summed E-state index contributed by atoms with van der Waals surface area (Å²) < 4.78 is 0. The van der Waals surface area contributed by atoms with E-state index in [1.54, 1.807) is 11.3 Å². The first-order chi connectivity index (χ1) is 8.88. The van der Waals surface area contributed by atoms with E-state index in [9.17, 15) is 0 Å². The molecule has 2 heterocycles. The molecule has 1 N–H and O–H groups in total. The summed E-state index contributed by atoms with van der Waals surface area (Å²) >= 11 is 1.73. The average molecular weight is 259 g/mol. The maximum absolute atomic E-state index is 4.53. The number of fused-ring (bicyclic) bond motifs is 1. The van der Waals surface area contributed by atoms with Gasteiger partial charge < -0.3 is 0 Å². The second kappa shape index (κ2) is 5.16. The van der Waals surface area contributed by atoms with Gasteiger partial charge in [-0.3, -0.25) is 10.3 Å². The lowest BCUT2D eigenvalue weighted by Gasteiger charge is -2.20. The van der Waals surface area contributed by atoms with Gasteiger partial charge in [-0.2, -0.15) is 0 Å². The van der Waals surface area contributed by atoms with Crippen molar-refractivity contribution in [2.75, 3.05) is 0 Å². The molecule has 4 heteroatoms. The fourth-order valence-electron chi connectivity index (χ4n) is 2.59. The number of rotatable bonds is 4. The standard InChI is InChI=1S/C14H17N3S/c1-2-11(14-16-8-9-18-14)17-12-6-5-10-4-3-7-15-13(10)12/h3-4,7-9,11-12,17H,2,5-6H2,1H3. The van der Waals surface area contributed by atoms with E-state index in [4.69, 9.17) is 0 Å². The van der Waals surface area contributed by atoms with Crippen LogP contribution in [0.4, 0.5) is 0 Å². The van der Waals surface area contributed by atoms with Crippen molar-refractivity contribution in [3.8, 4) is 0 Å². The normalized spacial score (nSPS) is 19.7. The summed E-state index contributed by atoms with van der Waals surface area (Å²) in [5, 5.41) is 6.93. The minimum atomic E-state index is 0.350. The Hall–Kier alpha value is -1.26. The van der Waals surface area contributed by atoms with Crippen LogP contribution in [-0.4, -0.2) is 9.97 Å². The Labute approximate surface area is 111 Å². The van der Waals surface area contributed by atoms with Crippen molar-refractivity contribution in [1.29, 1.82) is 0 Å². The van der Waals surface area contributed by atoms with Crippen LogP contribution >= 0.6 is 11.3 Å². The molecule has 2 unspecified atom stereocenters. The molecule has 0 amide bonds. The van der Waals surface area contributed by atoms with Gasteiger partial charge in [-0.1, -0.05) is 13.0 Å². The van der Waals surface area contributed by atoms with E-state index in [1.807, 2.05) is 23.8 Å². The molecule has 18 heavy (non-hydrogen) atoms. The molecule has 0 bridgehead atoms. The minimum absolute atomic E-state index is 0.350. The van der Waals surface area contributed by atoms with Gasteiger partial charge in [0.1, 0.15) is 5.01 Å². The van der Waals surface area contributed by atoms with Crippen molar-refractivity contribution in [3.63, 3.8) is 0 Å². The van der Waals surface area contributed by atoms with E-state index in [0.29, 0.717) is 12.1 Å². The van der Waals surface area contributed by atoms with Crippen molar-refractivity contribution in [2.24, 2.45) is 0 Å². The first kappa shape index (κ1) is 11.8. The van der Waals surface area contributed by atoms with E-state index in [-0.39, 0.29) is 0 Å². The van der Waals surface area contributed by atoms with Gasteiger partial charge in [0, 0.05) is 17.8 Å². The van der Waals surface area contributed by atoms with Gasteiger partial charge >= 0.3 is 0 Å². The highest BCUT2D eigenvalue weighted by Gasteiger charge is 2.26. The maximum atomic E-state index is 4.53. The van der Waals surface area contributed by atoms with Crippen LogP contribution in [0.3, 0.4) is 0 Å². The summed E-state index contributed by atoms with van der Waals surface area (Å²) in [6, 6.07) is 4.95. The van der Waals surface area contributed by atoms with Gasteiger partial charge in [0.15, 0.2) is 0 Å². The highest BCUT2D eigenvalue weighted by atomic mass is 32.1. The summed E-state index contributed by atoms with van der Waals surface area (Å²) in [6.45, 7) is 2.20. The topological polar surface area (TPSA) is 37.8 Å². The third-order valence-corrected chi connectivity index (χ3v) is 4.41. The molecule has 3 nitrogen and oxygen atoms in total. The molecule has 3 rings (SSSR count). The SMILES string of the molecule is CCC(NC1CCc2cccnc21)c1nccs1. The van der Waals surface area contributed by atoms with Gasteiger partial charge in [-0.15, -0.1) is 11.3 Å². The van der Waals surface area contributed by atoms with Crippen LogP contribution in [0.5, 0.6) is 0 Å². The van der Waals surface area contributed by atoms with Crippen molar-refractivity contribution in [3.05, 3.63) is 46.2 Å². The second-order valence-corrected chi connectivity index (χ2v) is 5.56. The molecular formula is C14H17N3S. The lowest BCUT2D eigenvalue weighted by Crippen LogP contribution is -2.25. The lowest BCUT2D eigenvalue weighted by molar-refractivity contribution is 0.426. The third-order valence-electron chi connectivity index (χ3n) is 3.52. The average Bonchev–Trinajstić information content (AvgIpc) is 3.06. The number of thiazole rings is 1. The van der Waals surface area contributed by atoms with Crippen molar-refractivity contribution in [1.82, 2.24) is 15.3 Å². The number of aryl methyl sites for hydroxylation is 1. The van der Waals surface area contributed by atoms with Gasteiger partial charge in [-0.05, 0) is 30.9 Å². The summed E-state index contributed by atoms with van der Waals surface area (Å²) in [5.41, 5.74) is 2.62. The Morgan fingerprint density at radius 3 is 3.17 bits per heavy atom. The Kier molecular flexibility index (Phi) is 3.39. The van der Waals surface area contributed by atoms with E-state index in [1.165, 1.54) is 16.3 Å². The third kappa shape index (κ3) is 2.18. The van der Waals surface area contributed by atoms with Crippen LogP contribution in [0.2, 0.25) is 0 Å². The number of nitrogens with one attached hydrogen (secondary N) is 1. The number of nitrogens with zero attached hydrogens (tertiary/aromatic N) is 2. The van der Waals surface area contributed by atoms with Gasteiger partial charge in [0.2, 0.25) is 0 Å². The summed E-state index contributed by atoms with van der Waals surface area (Å²) in [6.07, 6.45) is 7.11. The van der Waals surface area contributed by atoms with Crippen molar-refractivity contribution < 1.29 is 0 Å². The summed E-state index contributed by atoms with van der Waals surface area (Å²) in [5.74, 6) is 0. The van der Waals surface area contributed by atoms with Crippen LogP contribution in [0.1, 0.15) is 48.1 Å². The molecule has 1 aliphatic rings. The molecule has 0 fully saturated rings. The molecule has 0 aromatic carbocycles. The van der Waals surface area contributed by atoms with Gasteiger partial charge in [0.25, 0.3) is 0 Å². The zero-order valence-corrected chi connectivity index (χ0v) is 11.3. The predicted molar refractivity (Wildman–Crippen MR) is 73.6 cm³/mol.